The number of fused-ring (bicyclic) bond motifs is 3. The average Bonchev–Trinajstić information content (AvgIpc) is 3.03. The molecule has 0 bridgehead atoms. The standard InChI is InChI=1S/C33H34FN5O9/c1-3-48-28(42)13-11-25(31(44)39-26(33(46)47)10-12-27(40)41)38-30(43)21-8-7-20(15-23(21)34)35-16-18-4-5-19-6-9-24-29(22(19)14-18)32(45)37-17(2)36-24/h4-9,14-15,25-26,35H,3,10-13,16H2,1-2H3,(H,38,43)(H,39,44)(H,40,41)(H,46,47)(H,36,37,45)/t25-,26-/m0/s1. The maximum Gasteiger partial charge on any atom is 0.326 e. The van der Waals surface area contributed by atoms with Gasteiger partial charge in [0.25, 0.3) is 11.5 Å². The predicted octanol–water partition coefficient (Wildman–Crippen LogP) is 3.01. The summed E-state index contributed by atoms with van der Waals surface area (Å²) in [5.41, 5.74) is 0.997. The van der Waals surface area contributed by atoms with Gasteiger partial charge < -0.3 is 35.9 Å². The van der Waals surface area contributed by atoms with E-state index in [1.54, 1.807) is 19.9 Å². The van der Waals surface area contributed by atoms with Crippen LogP contribution in [0, 0.1) is 12.7 Å². The first-order valence-corrected chi connectivity index (χ1v) is 15.0. The Hall–Kier alpha value is -5.86. The summed E-state index contributed by atoms with van der Waals surface area (Å²) in [5.74, 6) is -5.87. The van der Waals surface area contributed by atoms with Gasteiger partial charge in [0.1, 0.15) is 23.7 Å². The second-order valence-electron chi connectivity index (χ2n) is 10.9. The van der Waals surface area contributed by atoms with E-state index in [1.807, 2.05) is 24.3 Å². The second-order valence-corrected chi connectivity index (χ2v) is 10.9. The number of ether oxygens (including phenoxy) is 1. The highest BCUT2D eigenvalue weighted by Crippen LogP contribution is 2.24. The number of benzene rings is 3. The highest BCUT2D eigenvalue weighted by Gasteiger charge is 2.28. The number of rotatable bonds is 15. The lowest BCUT2D eigenvalue weighted by molar-refractivity contribution is -0.145. The van der Waals surface area contributed by atoms with Gasteiger partial charge in [0.15, 0.2) is 0 Å². The van der Waals surface area contributed by atoms with Crippen molar-refractivity contribution in [1.82, 2.24) is 20.6 Å². The van der Waals surface area contributed by atoms with Crippen LogP contribution < -0.4 is 21.5 Å². The van der Waals surface area contributed by atoms with Gasteiger partial charge in [0.2, 0.25) is 5.91 Å². The van der Waals surface area contributed by atoms with Gasteiger partial charge in [-0.3, -0.25) is 24.0 Å². The first-order chi connectivity index (χ1) is 22.9. The number of hydrogen-bond donors (Lipinski definition) is 6. The Labute approximate surface area is 272 Å². The average molecular weight is 664 g/mol. The molecule has 4 aromatic rings. The Morgan fingerprint density at radius 3 is 2.38 bits per heavy atom. The SMILES string of the molecule is CCOC(=O)CC[C@H](NC(=O)c1ccc(NCc2ccc3ccc4nc(C)[nH]c(=O)c4c3c2)cc1F)C(=O)N[C@@H](CCC(=O)O)C(=O)O. The molecular weight excluding hydrogens is 629 g/mol. The Bertz CT molecular complexity index is 1940. The zero-order valence-electron chi connectivity index (χ0n) is 26.1. The molecule has 0 fully saturated rings. The van der Waals surface area contributed by atoms with Gasteiger partial charge in [-0.1, -0.05) is 18.2 Å². The lowest BCUT2D eigenvalue weighted by Crippen LogP contribution is -2.52. The van der Waals surface area contributed by atoms with Crippen LogP contribution in [0.25, 0.3) is 21.7 Å². The summed E-state index contributed by atoms with van der Waals surface area (Å²) in [5, 5.41) is 27.9. The number of aliphatic carboxylic acids is 2. The van der Waals surface area contributed by atoms with E-state index in [1.165, 1.54) is 12.1 Å². The summed E-state index contributed by atoms with van der Waals surface area (Å²) in [6.45, 7) is 3.59. The summed E-state index contributed by atoms with van der Waals surface area (Å²) in [7, 11) is 0. The molecule has 0 saturated heterocycles. The molecule has 2 atom stereocenters. The monoisotopic (exact) mass is 663 g/mol. The Kier molecular flexibility index (Phi) is 11.4. The van der Waals surface area contributed by atoms with Crippen LogP contribution in [0.1, 0.15) is 54.4 Å². The van der Waals surface area contributed by atoms with Crippen LogP contribution in [0.4, 0.5) is 10.1 Å². The number of carboxylic acids is 2. The number of carbonyl (C=O) groups is 5. The van der Waals surface area contributed by atoms with Crippen molar-refractivity contribution < 1.29 is 43.3 Å². The molecular formula is C33H34FN5O9. The van der Waals surface area contributed by atoms with E-state index >= 15 is 4.39 Å². The molecule has 6 N–H and O–H groups in total. The van der Waals surface area contributed by atoms with E-state index in [0.29, 0.717) is 27.8 Å². The molecule has 0 spiro atoms. The molecule has 2 amide bonds. The van der Waals surface area contributed by atoms with Crippen LogP contribution >= 0.6 is 0 Å². The number of H-pyrrole nitrogens is 1. The molecule has 0 aliphatic heterocycles. The van der Waals surface area contributed by atoms with E-state index in [9.17, 15) is 33.9 Å². The number of esters is 1. The summed E-state index contributed by atoms with van der Waals surface area (Å²) in [6, 6.07) is 9.88. The molecule has 14 nitrogen and oxygen atoms in total. The van der Waals surface area contributed by atoms with Gasteiger partial charge in [-0.2, -0.15) is 0 Å². The van der Waals surface area contributed by atoms with Gasteiger partial charge in [-0.25, -0.2) is 14.2 Å². The van der Waals surface area contributed by atoms with E-state index < -0.39 is 66.0 Å². The molecule has 0 radical (unpaired) electrons. The van der Waals surface area contributed by atoms with Crippen molar-refractivity contribution in [1.29, 1.82) is 0 Å². The number of anilines is 1. The number of nitrogens with one attached hydrogen (secondary N) is 4. The first-order valence-electron chi connectivity index (χ1n) is 15.0. The number of aryl methyl sites for hydroxylation is 1. The van der Waals surface area contributed by atoms with E-state index in [2.05, 4.69) is 25.9 Å². The minimum absolute atomic E-state index is 0.0682. The lowest BCUT2D eigenvalue weighted by atomic mass is 10.0. The fourth-order valence-corrected chi connectivity index (χ4v) is 5.04. The molecule has 48 heavy (non-hydrogen) atoms. The molecule has 4 rings (SSSR count). The van der Waals surface area contributed by atoms with Crippen molar-refractivity contribution in [2.45, 2.75) is 58.2 Å². The number of carbonyl (C=O) groups excluding carboxylic acids is 3. The smallest absolute Gasteiger partial charge is 0.326 e. The van der Waals surface area contributed by atoms with Crippen molar-refractivity contribution in [3.63, 3.8) is 0 Å². The fourth-order valence-electron chi connectivity index (χ4n) is 5.04. The lowest BCUT2D eigenvalue weighted by Gasteiger charge is -2.21. The summed E-state index contributed by atoms with van der Waals surface area (Å²) in [6.07, 6.45) is -1.59. The van der Waals surface area contributed by atoms with Gasteiger partial charge in [0, 0.05) is 25.1 Å². The number of amides is 2. The third-order valence-corrected chi connectivity index (χ3v) is 7.41. The van der Waals surface area contributed by atoms with Crippen molar-refractivity contribution in [2.75, 3.05) is 11.9 Å². The van der Waals surface area contributed by atoms with Crippen LogP contribution in [0.3, 0.4) is 0 Å². The molecule has 15 heteroatoms. The highest BCUT2D eigenvalue weighted by atomic mass is 19.1. The van der Waals surface area contributed by atoms with E-state index in [4.69, 9.17) is 9.84 Å². The molecule has 0 aliphatic rings. The molecule has 3 aromatic carbocycles. The van der Waals surface area contributed by atoms with Crippen molar-refractivity contribution in [3.8, 4) is 0 Å². The normalized spacial score (nSPS) is 12.2. The van der Waals surface area contributed by atoms with Crippen LogP contribution in [0.15, 0.2) is 53.3 Å². The summed E-state index contributed by atoms with van der Waals surface area (Å²) in [4.78, 5) is 80.2. The third kappa shape index (κ3) is 8.90. The predicted molar refractivity (Wildman–Crippen MR) is 172 cm³/mol. The van der Waals surface area contributed by atoms with Gasteiger partial charge in [0.05, 0.1) is 23.1 Å². The Morgan fingerprint density at radius 2 is 1.69 bits per heavy atom. The Balaban J connectivity index is 1.47. The van der Waals surface area contributed by atoms with Crippen LogP contribution in [0.2, 0.25) is 0 Å². The topological polar surface area (TPSA) is 217 Å². The fraction of sp³-hybridized carbons (Fsp3) is 0.303. The quantitative estimate of drug-likeness (QED) is 0.0802. The van der Waals surface area contributed by atoms with Crippen LogP contribution in [-0.2, 0) is 30.5 Å². The summed E-state index contributed by atoms with van der Waals surface area (Å²) < 4.78 is 20.0. The maximum atomic E-state index is 15.2. The number of nitrogens with zero attached hydrogens (tertiary/aromatic N) is 1. The maximum absolute atomic E-state index is 15.2. The van der Waals surface area contributed by atoms with Gasteiger partial charge in [-0.05, 0) is 73.4 Å². The molecule has 0 saturated carbocycles. The minimum atomic E-state index is -1.58. The Morgan fingerprint density at radius 1 is 0.958 bits per heavy atom. The van der Waals surface area contributed by atoms with Gasteiger partial charge >= 0.3 is 17.9 Å². The molecule has 1 aromatic heterocycles. The van der Waals surface area contributed by atoms with E-state index in [0.717, 1.165) is 17.0 Å². The number of halogens is 1. The zero-order chi connectivity index (χ0) is 35.0. The number of aromatic nitrogens is 2. The van der Waals surface area contributed by atoms with Crippen molar-refractivity contribution in [2.24, 2.45) is 0 Å². The first kappa shape index (κ1) is 35.0. The second kappa shape index (κ2) is 15.6. The molecule has 1 heterocycles. The van der Waals surface area contributed by atoms with Crippen LogP contribution in [-0.4, -0.2) is 68.6 Å². The third-order valence-electron chi connectivity index (χ3n) is 7.41. The van der Waals surface area contributed by atoms with Crippen molar-refractivity contribution in [3.05, 3.63) is 81.7 Å². The van der Waals surface area contributed by atoms with Gasteiger partial charge in [-0.15, -0.1) is 0 Å². The minimum Gasteiger partial charge on any atom is -0.481 e. The number of hydrogen-bond acceptors (Lipinski definition) is 9. The van der Waals surface area contributed by atoms with Crippen molar-refractivity contribution >= 4 is 57.1 Å². The number of aromatic amines is 1. The van der Waals surface area contributed by atoms with Crippen LogP contribution in [0.5, 0.6) is 0 Å². The zero-order valence-corrected chi connectivity index (χ0v) is 26.1. The largest absolute Gasteiger partial charge is 0.481 e. The molecule has 0 unspecified atom stereocenters. The van der Waals surface area contributed by atoms with E-state index in [-0.39, 0.29) is 31.6 Å². The highest BCUT2D eigenvalue weighted by molar-refractivity contribution is 6.06. The molecule has 252 valence electrons. The molecule has 0 aliphatic carbocycles. The summed E-state index contributed by atoms with van der Waals surface area (Å²) >= 11 is 0. The number of carboxylic acid groups (broad SMARTS) is 2.